The average molecular weight is 156 g/mol. The van der Waals surface area contributed by atoms with Crippen molar-refractivity contribution in [2.24, 2.45) is 17.7 Å². The van der Waals surface area contributed by atoms with Crippen LogP contribution in [0.25, 0.3) is 0 Å². The maximum absolute atomic E-state index is 5.73. The molecule has 1 rings (SSSR count). The Kier molecular flexibility index (Phi) is 3.34. The fourth-order valence-electron chi connectivity index (χ4n) is 1.81. The molecule has 0 amide bonds. The van der Waals surface area contributed by atoms with Gasteiger partial charge in [-0.25, -0.2) is 5.01 Å². The van der Waals surface area contributed by atoms with Crippen molar-refractivity contribution in [3.63, 3.8) is 0 Å². The molecule has 0 aromatic heterocycles. The first-order valence-electron chi connectivity index (χ1n) is 4.70. The van der Waals surface area contributed by atoms with Crippen molar-refractivity contribution in [3.8, 4) is 0 Å². The number of nitrogens with zero attached hydrogens (tertiary/aromatic N) is 1. The molecule has 1 aliphatic heterocycles. The fourth-order valence-corrected chi connectivity index (χ4v) is 1.81. The van der Waals surface area contributed by atoms with Gasteiger partial charge in [-0.05, 0) is 31.1 Å². The zero-order valence-electron chi connectivity index (χ0n) is 7.71. The van der Waals surface area contributed by atoms with Crippen LogP contribution in [0, 0.1) is 11.8 Å². The Balaban J connectivity index is 2.34. The predicted octanol–water partition coefficient (Wildman–Crippen LogP) is 1.62. The van der Waals surface area contributed by atoms with E-state index in [1.165, 1.54) is 19.3 Å². The van der Waals surface area contributed by atoms with Gasteiger partial charge in [-0.15, -0.1) is 0 Å². The Labute approximate surface area is 69.7 Å². The summed E-state index contributed by atoms with van der Waals surface area (Å²) >= 11 is 0. The van der Waals surface area contributed by atoms with E-state index in [1.54, 1.807) is 0 Å². The van der Waals surface area contributed by atoms with Crippen molar-refractivity contribution >= 4 is 0 Å². The molecule has 11 heavy (non-hydrogen) atoms. The highest BCUT2D eigenvalue weighted by molar-refractivity contribution is 4.69. The van der Waals surface area contributed by atoms with Crippen molar-refractivity contribution in [2.45, 2.75) is 33.1 Å². The highest BCUT2D eigenvalue weighted by Crippen LogP contribution is 2.23. The second-order valence-corrected chi connectivity index (χ2v) is 3.97. The first kappa shape index (κ1) is 9.01. The SMILES string of the molecule is CC(C)C1CCCN(N)CC1. The van der Waals surface area contributed by atoms with Gasteiger partial charge in [-0.2, -0.15) is 0 Å². The van der Waals surface area contributed by atoms with Crippen LogP contribution in [0.5, 0.6) is 0 Å². The van der Waals surface area contributed by atoms with Crippen molar-refractivity contribution in [2.75, 3.05) is 13.1 Å². The molecule has 0 saturated carbocycles. The summed E-state index contributed by atoms with van der Waals surface area (Å²) in [6.45, 7) is 6.81. The van der Waals surface area contributed by atoms with Gasteiger partial charge < -0.3 is 0 Å². The van der Waals surface area contributed by atoms with Crippen LogP contribution < -0.4 is 5.84 Å². The number of hydrogen-bond donors (Lipinski definition) is 1. The summed E-state index contributed by atoms with van der Waals surface area (Å²) in [5.74, 6) is 7.47. The lowest BCUT2D eigenvalue weighted by Crippen LogP contribution is -2.31. The van der Waals surface area contributed by atoms with E-state index in [0.717, 1.165) is 24.9 Å². The fraction of sp³-hybridized carbons (Fsp3) is 1.00. The normalized spacial score (nSPS) is 28.9. The number of hydrogen-bond acceptors (Lipinski definition) is 2. The third kappa shape index (κ3) is 2.80. The highest BCUT2D eigenvalue weighted by Gasteiger charge is 2.17. The van der Waals surface area contributed by atoms with Gasteiger partial charge in [0.25, 0.3) is 0 Å². The van der Waals surface area contributed by atoms with Gasteiger partial charge in [0, 0.05) is 13.1 Å². The molecule has 1 atom stereocenters. The van der Waals surface area contributed by atoms with Gasteiger partial charge in [-0.3, -0.25) is 5.84 Å². The van der Waals surface area contributed by atoms with E-state index >= 15 is 0 Å². The molecule has 0 aromatic carbocycles. The van der Waals surface area contributed by atoms with Crippen LogP contribution in [0.1, 0.15) is 33.1 Å². The van der Waals surface area contributed by atoms with Crippen molar-refractivity contribution < 1.29 is 0 Å². The van der Waals surface area contributed by atoms with Crippen LogP contribution in [-0.4, -0.2) is 18.1 Å². The quantitative estimate of drug-likeness (QED) is 0.584. The van der Waals surface area contributed by atoms with E-state index in [2.05, 4.69) is 13.8 Å². The molecule has 1 fully saturated rings. The van der Waals surface area contributed by atoms with Crippen LogP contribution >= 0.6 is 0 Å². The lowest BCUT2D eigenvalue weighted by molar-refractivity contribution is 0.280. The minimum absolute atomic E-state index is 0.835. The molecule has 0 aromatic rings. The number of nitrogens with two attached hydrogens (primary N) is 1. The van der Waals surface area contributed by atoms with E-state index in [0.29, 0.717) is 0 Å². The van der Waals surface area contributed by atoms with Crippen LogP contribution in [0.2, 0.25) is 0 Å². The Morgan fingerprint density at radius 3 is 2.64 bits per heavy atom. The lowest BCUT2D eigenvalue weighted by Gasteiger charge is -2.17. The van der Waals surface area contributed by atoms with Crippen LogP contribution in [0.15, 0.2) is 0 Å². The van der Waals surface area contributed by atoms with Crippen molar-refractivity contribution in [3.05, 3.63) is 0 Å². The maximum atomic E-state index is 5.73. The van der Waals surface area contributed by atoms with E-state index in [1.807, 2.05) is 5.01 Å². The third-order valence-corrected chi connectivity index (χ3v) is 2.75. The second-order valence-electron chi connectivity index (χ2n) is 3.97. The van der Waals surface area contributed by atoms with Crippen LogP contribution in [0.4, 0.5) is 0 Å². The van der Waals surface area contributed by atoms with Gasteiger partial charge in [0.15, 0.2) is 0 Å². The Morgan fingerprint density at radius 1 is 1.27 bits per heavy atom. The van der Waals surface area contributed by atoms with Crippen LogP contribution in [-0.2, 0) is 0 Å². The molecular weight excluding hydrogens is 136 g/mol. The van der Waals surface area contributed by atoms with Gasteiger partial charge >= 0.3 is 0 Å². The monoisotopic (exact) mass is 156 g/mol. The first-order valence-corrected chi connectivity index (χ1v) is 4.70. The smallest absolute Gasteiger partial charge is 0.0131 e. The molecule has 2 heteroatoms. The minimum Gasteiger partial charge on any atom is -0.269 e. The molecule has 2 nitrogen and oxygen atoms in total. The minimum atomic E-state index is 0.835. The van der Waals surface area contributed by atoms with Crippen LogP contribution in [0.3, 0.4) is 0 Å². The predicted molar refractivity (Wildman–Crippen MR) is 47.9 cm³/mol. The topological polar surface area (TPSA) is 29.3 Å². The summed E-state index contributed by atoms with van der Waals surface area (Å²) in [4.78, 5) is 0. The van der Waals surface area contributed by atoms with Gasteiger partial charge in [0.05, 0.1) is 0 Å². The second kappa shape index (κ2) is 4.07. The molecule has 0 bridgehead atoms. The molecule has 2 N–H and O–H groups in total. The maximum Gasteiger partial charge on any atom is 0.0131 e. The van der Waals surface area contributed by atoms with Gasteiger partial charge in [-0.1, -0.05) is 13.8 Å². The summed E-state index contributed by atoms with van der Waals surface area (Å²) in [5.41, 5.74) is 0. The summed E-state index contributed by atoms with van der Waals surface area (Å²) < 4.78 is 0. The Hall–Kier alpha value is -0.0800. The zero-order valence-corrected chi connectivity index (χ0v) is 7.71. The summed E-state index contributed by atoms with van der Waals surface area (Å²) in [6, 6.07) is 0. The molecule has 1 heterocycles. The molecule has 1 unspecified atom stereocenters. The third-order valence-electron chi connectivity index (χ3n) is 2.75. The summed E-state index contributed by atoms with van der Waals surface area (Å²) in [6.07, 6.45) is 3.93. The molecule has 1 saturated heterocycles. The number of hydrazine groups is 1. The largest absolute Gasteiger partial charge is 0.269 e. The van der Waals surface area contributed by atoms with E-state index < -0.39 is 0 Å². The summed E-state index contributed by atoms with van der Waals surface area (Å²) in [5, 5.41) is 1.96. The molecule has 1 aliphatic rings. The van der Waals surface area contributed by atoms with Gasteiger partial charge in [0.1, 0.15) is 0 Å². The van der Waals surface area contributed by atoms with Gasteiger partial charge in [0.2, 0.25) is 0 Å². The number of rotatable bonds is 1. The van der Waals surface area contributed by atoms with E-state index in [9.17, 15) is 0 Å². The summed E-state index contributed by atoms with van der Waals surface area (Å²) in [7, 11) is 0. The zero-order chi connectivity index (χ0) is 8.27. The van der Waals surface area contributed by atoms with E-state index in [-0.39, 0.29) is 0 Å². The Bertz CT molecular complexity index is 112. The molecule has 0 radical (unpaired) electrons. The first-order chi connectivity index (χ1) is 5.20. The Morgan fingerprint density at radius 2 is 2.00 bits per heavy atom. The van der Waals surface area contributed by atoms with Crippen molar-refractivity contribution in [1.82, 2.24) is 5.01 Å². The molecular formula is C9H20N2. The average Bonchev–Trinajstić information content (AvgIpc) is 2.13. The molecule has 66 valence electrons. The lowest BCUT2D eigenvalue weighted by atomic mass is 9.89. The van der Waals surface area contributed by atoms with Crippen molar-refractivity contribution in [1.29, 1.82) is 0 Å². The molecule has 0 aliphatic carbocycles. The standard InChI is InChI=1S/C9H20N2/c1-8(2)9-4-3-6-11(10)7-5-9/h8-9H,3-7,10H2,1-2H3. The van der Waals surface area contributed by atoms with E-state index in [4.69, 9.17) is 5.84 Å². The highest BCUT2D eigenvalue weighted by atomic mass is 15.4. The molecule has 0 spiro atoms.